The number of nitrogens with zero attached hydrogens (tertiary/aromatic N) is 3. The van der Waals surface area contributed by atoms with Crippen molar-refractivity contribution in [2.45, 2.75) is 45.1 Å². The molecular weight excluding hydrogens is 362 g/mol. The molecule has 0 spiro atoms. The molecule has 2 aliphatic rings. The number of hydrogen-bond acceptors (Lipinski definition) is 4. The molecule has 0 radical (unpaired) electrons. The van der Waals surface area contributed by atoms with Gasteiger partial charge in [-0.3, -0.25) is 4.79 Å². The minimum atomic E-state index is -0.641. The molecule has 1 saturated heterocycles. The Bertz CT molecular complexity index is 847. The van der Waals surface area contributed by atoms with Gasteiger partial charge in [-0.1, -0.05) is 0 Å². The van der Waals surface area contributed by atoms with E-state index in [9.17, 15) is 13.6 Å². The highest BCUT2D eigenvalue weighted by atomic mass is 19.1. The maximum Gasteiger partial charge on any atom is 0.225 e. The molecule has 1 aliphatic heterocycles. The summed E-state index contributed by atoms with van der Waals surface area (Å²) in [4.78, 5) is 24.0. The molecule has 1 atom stereocenters. The van der Waals surface area contributed by atoms with Crippen LogP contribution in [0, 0.1) is 17.6 Å². The van der Waals surface area contributed by atoms with Gasteiger partial charge in [0.25, 0.3) is 0 Å². The third-order valence-corrected chi connectivity index (χ3v) is 5.54. The number of carbonyl (C=O) groups is 1. The molecule has 28 heavy (non-hydrogen) atoms. The van der Waals surface area contributed by atoms with Gasteiger partial charge < -0.3 is 10.2 Å². The number of fused-ring (bicyclic) bond motifs is 1. The summed E-state index contributed by atoms with van der Waals surface area (Å²) in [6.45, 7) is 2.12. The van der Waals surface area contributed by atoms with Crippen molar-refractivity contribution in [2.75, 3.05) is 18.0 Å². The Kier molecular flexibility index (Phi) is 5.50. The standard InChI is InChI=1S/C21H24F2N4O/c22-17-8-14(9-18(23)11-17)12-24-20(28)15-4-5-19-16(10-15)13-25-21(26-19)27-6-2-1-3-7-27/h8-9,11,13,15H,1-7,10,12H2,(H,24,28)/t15-/m1/s1. The van der Waals surface area contributed by atoms with Gasteiger partial charge in [-0.25, -0.2) is 18.7 Å². The second-order valence-corrected chi connectivity index (χ2v) is 7.62. The van der Waals surface area contributed by atoms with Crippen LogP contribution in [0.3, 0.4) is 0 Å². The molecule has 1 amide bonds. The summed E-state index contributed by atoms with van der Waals surface area (Å²) in [5, 5.41) is 2.80. The molecule has 148 valence electrons. The SMILES string of the molecule is O=C(NCc1cc(F)cc(F)c1)[C@@H]1CCc2nc(N3CCCCC3)ncc2C1. The lowest BCUT2D eigenvalue weighted by atomic mass is 9.86. The zero-order valence-electron chi connectivity index (χ0n) is 15.8. The van der Waals surface area contributed by atoms with E-state index in [1.807, 2.05) is 6.20 Å². The molecule has 2 aromatic rings. The number of amides is 1. The molecule has 1 aromatic carbocycles. The number of aromatic nitrogens is 2. The lowest BCUT2D eigenvalue weighted by Gasteiger charge is -2.28. The Balaban J connectivity index is 1.37. The van der Waals surface area contributed by atoms with Gasteiger partial charge in [0.2, 0.25) is 11.9 Å². The number of halogens is 2. The Morgan fingerprint density at radius 2 is 1.89 bits per heavy atom. The lowest BCUT2D eigenvalue weighted by molar-refractivity contribution is -0.125. The van der Waals surface area contributed by atoms with Gasteiger partial charge in [-0.2, -0.15) is 0 Å². The van der Waals surface area contributed by atoms with Gasteiger partial charge in [0.15, 0.2) is 0 Å². The summed E-state index contributed by atoms with van der Waals surface area (Å²) in [6.07, 6.45) is 7.53. The minimum absolute atomic E-state index is 0.101. The maximum absolute atomic E-state index is 13.3. The highest BCUT2D eigenvalue weighted by Crippen LogP contribution is 2.26. The van der Waals surface area contributed by atoms with E-state index in [0.29, 0.717) is 18.4 Å². The van der Waals surface area contributed by atoms with Crippen LogP contribution in [0.2, 0.25) is 0 Å². The molecule has 1 N–H and O–H groups in total. The number of rotatable bonds is 4. The second kappa shape index (κ2) is 8.20. The summed E-state index contributed by atoms with van der Waals surface area (Å²) in [6, 6.07) is 3.28. The maximum atomic E-state index is 13.3. The Hall–Kier alpha value is -2.57. The monoisotopic (exact) mass is 386 g/mol. The van der Waals surface area contributed by atoms with Crippen LogP contribution in [0.5, 0.6) is 0 Å². The average molecular weight is 386 g/mol. The molecule has 1 fully saturated rings. The predicted molar refractivity (Wildman–Crippen MR) is 102 cm³/mol. The summed E-state index contributed by atoms with van der Waals surface area (Å²) in [7, 11) is 0. The van der Waals surface area contributed by atoms with Crippen molar-refractivity contribution in [1.82, 2.24) is 15.3 Å². The van der Waals surface area contributed by atoms with Crippen molar-refractivity contribution < 1.29 is 13.6 Å². The first-order valence-corrected chi connectivity index (χ1v) is 9.91. The molecular formula is C21H24F2N4O. The van der Waals surface area contributed by atoms with Gasteiger partial charge in [-0.05, 0) is 61.8 Å². The van der Waals surface area contributed by atoms with Gasteiger partial charge in [-0.15, -0.1) is 0 Å². The van der Waals surface area contributed by atoms with Crippen LogP contribution in [0.4, 0.5) is 14.7 Å². The van der Waals surface area contributed by atoms with E-state index in [4.69, 9.17) is 4.98 Å². The van der Waals surface area contributed by atoms with E-state index < -0.39 is 11.6 Å². The Morgan fingerprint density at radius 1 is 1.14 bits per heavy atom. The first-order chi connectivity index (χ1) is 13.6. The second-order valence-electron chi connectivity index (χ2n) is 7.62. The first kappa shape index (κ1) is 18.8. The smallest absolute Gasteiger partial charge is 0.225 e. The van der Waals surface area contributed by atoms with Crippen LogP contribution in [-0.4, -0.2) is 29.0 Å². The lowest BCUT2D eigenvalue weighted by Crippen LogP contribution is -2.35. The number of carbonyl (C=O) groups excluding carboxylic acids is 1. The summed E-state index contributed by atoms with van der Waals surface area (Å²) >= 11 is 0. The fourth-order valence-corrected chi connectivity index (χ4v) is 4.01. The number of piperidine rings is 1. The Morgan fingerprint density at radius 3 is 2.64 bits per heavy atom. The normalized spacial score (nSPS) is 19.2. The number of nitrogens with one attached hydrogen (secondary N) is 1. The van der Waals surface area contributed by atoms with Crippen LogP contribution in [0.25, 0.3) is 0 Å². The summed E-state index contributed by atoms with van der Waals surface area (Å²) in [5.41, 5.74) is 2.47. The predicted octanol–water partition coefficient (Wildman–Crippen LogP) is 3.17. The van der Waals surface area contributed by atoms with E-state index in [1.54, 1.807) is 0 Å². The molecule has 1 aromatic heterocycles. The third kappa shape index (κ3) is 4.29. The highest BCUT2D eigenvalue weighted by molar-refractivity contribution is 5.79. The molecule has 0 unspecified atom stereocenters. The summed E-state index contributed by atoms with van der Waals surface area (Å²) < 4.78 is 26.5. The molecule has 1 aliphatic carbocycles. The van der Waals surface area contributed by atoms with Gasteiger partial charge in [0.1, 0.15) is 11.6 Å². The van der Waals surface area contributed by atoms with Crippen LogP contribution < -0.4 is 10.2 Å². The van der Waals surface area contributed by atoms with E-state index in [1.165, 1.54) is 31.4 Å². The molecule has 5 nitrogen and oxygen atoms in total. The quantitative estimate of drug-likeness (QED) is 0.877. The number of aryl methyl sites for hydroxylation is 1. The minimum Gasteiger partial charge on any atom is -0.352 e. The number of benzene rings is 1. The largest absolute Gasteiger partial charge is 0.352 e. The molecule has 4 rings (SSSR count). The molecule has 0 bridgehead atoms. The topological polar surface area (TPSA) is 58.1 Å². The van der Waals surface area contributed by atoms with Crippen molar-refractivity contribution in [3.05, 3.63) is 52.9 Å². The van der Waals surface area contributed by atoms with E-state index >= 15 is 0 Å². The fourth-order valence-electron chi connectivity index (χ4n) is 4.01. The van der Waals surface area contributed by atoms with Crippen molar-refractivity contribution in [3.63, 3.8) is 0 Å². The zero-order valence-corrected chi connectivity index (χ0v) is 15.8. The van der Waals surface area contributed by atoms with Crippen molar-refractivity contribution >= 4 is 11.9 Å². The van der Waals surface area contributed by atoms with Gasteiger partial charge >= 0.3 is 0 Å². The van der Waals surface area contributed by atoms with Crippen molar-refractivity contribution in [2.24, 2.45) is 5.92 Å². The van der Waals surface area contributed by atoms with Gasteiger partial charge in [0.05, 0.1) is 0 Å². The van der Waals surface area contributed by atoms with E-state index in [2.05, 4.69) is 15.2 Å². The van der Waals surface area contributed by atoms with Crippen LogP contribution in [0.1, 0.15) is 42.5 Å². The molecule has 0 saturated carbocycles. The zero-order chi connectivity index (χ0) is 19.5. The van der Waals surface area contributed by atoms with Crippen LogP contribution in [0.15, 0.2) is 24.4 Å². The summed E-state index contributed by atoms with van der Waals surface area (Å²) in [5.74, 6) is -0.754. The molecule has 2 heterocycles. The van der Waals surface area contributed by atoms with Crippen LogP contribution in [-0.2, 0) is 24.2 Å². The highest BCUT2D eigenvalue weighted by Gasteiger charge is 2.26. The number of anilines is 1. The fraction of sp³-hybridized carbons (Fsp3) is 0.476. The van der Waals surface area contributed by atoms with Crippen LogP contribution >= 0.6 is 0 Å². The number of hydrogen-bond donors (Lipinski definition) is 1. The molecule has 7 heteroatoms. The van der Waals surface area contributed by atoms with Crippen molar-refractivity contribution in [3.8, 4) is 0 Å². The van der Waals surface area contributed by atoms with E-state index in [0.717, 1.165) is 42.8 Å². The Labute approximate surface area is 163 Å². The third-order valence-electron chi connectivity index (χ3n) is 5.54. The van der Waals surface area contributed by atoms with Crippen molar-refractivity contribution in [1.29, 1.82) is 0 Å². The van der Waals surface area contributed by atoms with E-state index in [-0.39, 0.29) is 18.4 Å². The average Bonchev–Trinajstić information content (AvgIpc) is 2.71. The van der Waals surface area contributed by atoms with Gasteiger partial charge in [0, 0.05) is 43.5 Å². The first-order valence-electron chi connectivity index (χ1n) is 9.91.